The zero-order valence-corrected chi connectivity index (χ0v) is 11.2. The first-order valence-corrected chi connectivity index (χ1v) is 6.46. The van der Waals surface area contributed by atoms with Crippen molar-refractivity contribution >= 4 is 10.9 Å². The summed E-state index contributed by atoms with van der Waals surface area (Å²) in [5.74, 6) is 1.43. The van der Waals surface area contributed by atoms with E-state index in [0.29, 0.717) is 12.4 Å². The molecule has 0 aliphatic heterocycles. The van der Waals surface area contributed by atoms with Crippen molar-refractivity contribution < 1.29 is 9.47 Å². The van der Waals surface area contributed by atoms with Crippen LogP contribution in [0.3, 0.4) is 0 Å². The van der Waals surface area contributed by atoms with Crippen LogP contribution in [0.25, 0.3) is 10.9 Å². The summed E-state index contributed by atoms with van der Waals surface area (Å²) in [6, 6.07) is 17.8. The highest BCUT2D eigenvalue weighted by molar-refractivity contribution is 5.82. The molecule has 0 amide bonds. The smallest absolute Gasteiger partial charge is 0.163 e. The molecule has 3 aromatic rings. The highest BCUT2D eigenvalue weighted by Crippen LogP contribution is 2.31. The van der Waals surface area contributed by atoms with Crippen LogP contribution in [-0.4, -0.2) is 12.1 Å². The Labute approximate surface area is 117 Å². The second-order valence-corrected chi connectivity index (χ2v) is 4.47. The van der Waals surface area contributed by atoms with Crippen LogP contribution in [0.2, 0.25) is 0 Å². The molecule has 3 rings (SSSR count). The normalized spacial score (nSPS) is 10.4. The molecule has 2 aromatic carbocycles. The van der Waals surface area contributed by atoms with E-state index in [9.17, 15) is 0 Å². The first-order chi connectivity index (χ1) is 9.86. The van der Waals surface area contributed by atoms with Gasteiger partial charge in [0.05, 0.1) is 12.6 Å². The SMILES string of the molecule is COc1cc2cccnc2cc1OCc1ccccc1. The van der Waals surface area contributed by atoms with Crippen LogP contribution in [0.15, 0.2) is 60.8 Å². The van der Waals surface area contributed by atoms with E-state index in [4.69, 9.17) is 9.47 Å². The van der Waals surface area contributed by atoms with E-state index >= 15 is 0 Å². The minimum Gasteiger partial charge on any atom is -0.493 e. The third-order valence-corrected chi connectivity index (χ3v) is 3.13. The molecule has 1 aromatic heterocycles. The Bertz CT molecular complexity index is 711. The summed E-state index contributed by atoms with van der Waals surface area (Å²) in [6.07, 6.45) is 1.77. The van der Waals surface area contributed by atoms with E-state index in [2.05, 4.69) is 4.98 Å². The maximum Gasteiger partial charge on any atom is 0.163 e. The number of nitrogens with zero attached hydrogens (tertiary/aromatic N) is 1. The fourth-order valence-electron chi connectivity index (χ4n) is 2.09. The first-order valence-electron chi connectivity index (χ1n) is 6.46. The van der Waals surface area contributed by atoms with Crippen molar-refractivity contribution in [2.75, 3.05) is 7.11 Å². The van der Waals surface area contributed by atoms with Crippen LogP contribution < -0.4 is 9.47 Å². The van der Waals surface area contributed by atoms with Crippen LogP contribution in [-0.2, 0) is 6.61 Å². The van der Waals surface area contributed by atoms with Crippen molar-refractivity contribution in [2.24, 2.45) is 0 Å². The molecule has 0 atom stereocenters. The Morgan fingerprint density at radius 2 is 1.80 bits per heavy atom. The van der Waals surface area contributed by atoms with Gasteiger partial charge in [0.25, 0.3) is 0 Å². The summed E-state index contributed by atoms with van der Waals surface area (Å²) in [5.41, 5.74) is 2.02. The van der Waals surface area contributed by atoms with Gasteiger partial charge in [0.15, 0.2) is 11.5 Å². The Kier molecular flexibility index (Phi) is 3.50. The summed E-state index contributed by atoms with van der Waals surface area (Å²) in [6.45, 7) is 0.509. The molecule has 3 heteroatoms. The van der Waals surface area contributed by atoms with Gasteiger partial charge in [0.1, 0.15) is 6.61 Å². The first kappa shape index (κ1) is 12.5. The van der Waals surface area contributed by atoms with Crippen molar-refractivity contribution in [3.8, 4) is 11.5 Å². The van der Waals surface area contributed by atoms with E-state index in [1.165, 1.54) is 0 Å². The molecule has 0 fully saturated rings. The maximum absolute atomic E-state index is 5.86. The van der Waals surface area contributed by atoms with Crippen molar-refractivity contribution in [3.63, 3.8) is 0 Å². The van der Waals surface area contributed by atoms with E-state index in [1.54, 1.807) is 13.3 Å². The van der Waals surface area contributed by atoms with Gasteiger partial charge < -0.3 is 9.47 Å². The minimum absolute atomic E-state index is 0.509. The minimum atomic E-state index is 0.509. The Morgan fingerprint density at radius 1 is 0.950 bits per heavy atom. The molecule has 0 saturated carbocycles. The molecule has 100 valence electrons. The highest BCUT2D eigenvalue weighted by atomic mass is 16.5. The predicted molar refractivity (Wildman–Crippen MR) is 79.1 cm³/mol. The van der Waals surface area contributed by atoms with E-state index in [0.717, 1.165) is 22.2 Å². The number of fused-ring (bicyclic) bond motifs is 1. The molecular weight excluding hydrogens is 250 g/mol. The molecular formula is C17H15NO2. The molecule has 1 heterocycles. The van der Waals surface area contributed by atoms with Gasteiger partial charge in [0.2, 0.25) is 0 Å². The van der Waals surface area contributed by atoms with Gasteiger partial charge in [-0.05, 0) is 17.7 Å². The van der Waals surface area contributed by atoms with Crippen molar-refractivity contribution in [1.82, 2.24) is 4.98 Å². The zero-order chi connectivity index (χ0) is 13.8. The van der Waals surface area contributed by atoms with Gasteiger partial charge in [-0.2, -0.15) is 0 Å². The van der Waals surface area contributed by atoms with Gasteiger partial charge in [-0.1, -0.05) is 36.4 Å². The number of hydrogen-bond acceptors (Lipinski definition) is 3. The van der Waals surface area contributed by atoms with Crippen LogP contribution in [0, 0.1) is 0 Å². The zero-order valence-electron chi connectivity index (χ0n) is 11.2. The number of ether oxygens (including phenoxy) is 2. The molecule has 0 spiro atoms. The number of rotatable bonds is 4. The summed E-state index contributed by atoms with van der Waals surface area (Å²) in [5, 5.41) is 1.04. The topological polar surface area (TPSA) is 31.4 Å². The van der Waals surface area contributed by atoms with Crippen molar-refractivity contribution in [1.29, 1.82) is 0 Å². The van der Waals surface area contributed by atoms with Gasteiger partial charge in [-0.25, -0.2) is 0 Å². The molecule has 0 aliphatic carbocycles. The molecule has 20 heavy (non-hydrogen) atoms. The van der Waals surface area contributed by atoms with E-state index in [-0.39, 0.29) is 0 Å². The van der Waals surface area contributed by atoms with E-state index < -0.39 is 0 Å². The van der Waals surface area contributed by atoms with E-state index in [1.807, 2.05) is 54.6 Å². The number of hydrogen-bond donors (Lipinski definition) is 0. The van der Waals surface area contributed by atoms with Gasteiger partial charge in [-0.3, -0.25) is 4.98 Å². The largest absolute Gasteiger partial charge is 0.493 e. The summed E-state index contributed by atoms with van der Waals surface area (Å²) >= 11 is 0. The highest BCUT2D eigenvalue weighted by Gasteiger charge is 2.07. The Hall–Kier alpha value is -2.55. The number of aromatic nitrogens is 1. The van der Waals surface area contributed by atoms with Crippen LogP contribution in [0.5, 0.6) is 11.5 Å². The average molecular weight is 265 g/mol. The fourth-order valence-corrected chi connectivity index (χ4v) is 2.09. The van der Waals surface area contributed by atoms with Crippen molar-refractivity contribution in [3.05, 3.63) is 66.4 Å². The Balaban J connectivity index is 1.90. The second-order valence-electron chi connectivity index (χ2n) is 4.47. The number of pyridine rings is 1. The molecule has 0 N–H and O–H groups in total. The third kappa shape index (κ3) is 2.57. The predicted octanol–water partition coefficient (Wildman–Crippen LogP) is 3.82. The monoisotopic (exact) mass is 265 g/mol. The summed E-state index contributed by atoms with van der Waals surface area (Å²) in [7, 11) is 1.65. The summed E-state index contributed by atoms with van der Waals surface area (Å²) in [4.78, 5) is 4.34. The summed E-state index contributed by atoms with van der Waals surface area (Å²) < 4.78 is 11.2. The third-order valence-electron chi connectivity index (χ3n) is 3.13. The molecule has 0 radical (unpaired) electrons. The van der Waals surface area contributed by atoms with Gasteiger partial charge in [0, 0.05) is 17.6 Å². The molecule has 3 nitrogen and oxygen atoms in total. The lowest BCUT2D eigenvalue weighted by molar-refractivity contribution is 0.285. The average Bonchev–Trinajstić information content (AvgIpc) is 2.53. The molecule has 0 aliphatic rings. The molecule has 0 saturated heterocycles. The lowest BCUT2D eigenvalue weighted by Crippen LogP contribution is -1.98. The lowest BCUT2D eigenvalue weighted by Gasteiger charge is -2.11. The number of methoxy groups -OCH3 is 1. The lowest BCUT2D eigenvalue weighted by atomic mass is 10.2. The van der Waals surface area contributed by atoms with Gasteiger partial charge >= 0.3 is 0 Å². The Morgan fingerprint density at radius 3 is 2.60 bits per heavy atom. The quantitative estimate of drug-likeness (QED) is 0.718. The number of benzene rings is 2. The molecule has 0 bridgehead atoms. The standard InChI is InChI=1S/C17H15NO2/c1-19-16-10-14-8-5-9-18-15(14)11-17(16)20-12-13-6-3-2-4-7-13/h2-11H,12H2,1H3. The van der Waals surface area contributed by atoms with Gasteiger partial charge in [-0.15, -0.1) is 0 Å². The second kappa shape index (κ2) is 5.61. The van der Waals surface area contributed by atoms with Crippen LogP contribution >= 0.6 is 0 Å². The van der Waals surface area contributed by atoms with Crippen LogP contribution in [0.1, 0.15) is 5.56 Å². The fraction of sp³-hybridized carbons (Fsp3) is 0.118. The molecule has 0 unspecified atom stereocenters. The maximum atomic E-state index is 5.86. The van der Waals surface area contributed by atoms with Crippen LogP contribution in [0.4, 0.5) is 0 Å². The van der Waals surface area contributed by atoms with Crippen molar-refractivity contribution in [2.45, 2.75) is 6.61 Å².